The molecule has 15 heavy (non-hydrogen) atoms. The maximum absolute atomic E-state index is 11.7. The van der Waals surface area contributed by atoms with E-state index in [2.05, 4.69) is 9.97 Å². The first-order chi connectivity index (χ1) is 7.00. The average Bonchev–Trinajstić information content (AvgIpc) is 2.13. The maximum atomic E-state index is 11.7. The van der Waals surface area contributed by atoms with Crippen molar-refractivity contribution >= 4 is 10.9 Å². The lowest BCUT2D eigenvalue weighted by Crippen LogP contribution is -2.33. The van der Waals surface area contributed by atoms with E-state index in [1.54, 1.807) is 6.92 Å². The van der Waals surface area contributed by atoms with Crippen molar-refractivity contribution in [3.05, 3.63) is 43.0 Å². The Bertz CT molecular complexity index is 705. The fraction of sp³-hybridized carbons (Fsp3) is 0.222. The molecule has 0 saturated heterocycles. The summed E-state index contributed by atoms with van der Waals surface area (Å²) < 4.78 is 0.966. The number of aryl methyl sites for hydroxylation is 1. The van der Waals surface area contributed by atoms with E-state index in [4.69, 9.17) is 0 Å². The molecule has 0 bridgehead atoms. The highest BCUT2D eigenvalue weighted by molar-refractivity contribution is 5.78. The molecule has 0 atom stereocenters. The molecule has 0 fully saturated rings. The molecule has 6 heteroatoms. The molecule has 0 spiro atoms. The predicted octanol–water partition coefficient (Wildman–Crippen LogP) is -0.776. The molecule has 2 aromatic rings. The second-order valence-electron chi connectivity index (χ2n) is 3.34. The molecule has 0 aliphatic carbocycles. The number of hydrogen-bond donors (Lipinski definition) is 2. The minimum Gasteiger partial charge on any atom is -0.326 e. The van der Waals surface area contributed by atoms with E-state index in [1.165, 1.54) is 13.1 Å². The number of nitrogens with one attached hydrogen (secondary N) is 2. The van der Waals surface area contributed by atoms with Crippen molar-refractivity contribution in [2.45, 2.75) is 6.92 Å². The molecule has 2 N–H and O–H groups in total. The van der Waals surface area contributed by atoms with Crippen LogP contribution in [-0.4, -0.2) is 14.5 Å². The highest BCUT2D eigenvalue weighted by atomic mass is 16.2. The third-order valence-electron chi connectivity index (χ3n) is 2.30. The maximum Gasteiger partial charge on any atom is 0.328 e. The van der Waals surface area contributed by atoms with Crippen LogP contribution in [0.3, 0.4) is 0 Å². The Morgan fingerprint density at radius 3 is 2.53 bits per heavy atom. The summed E-state index contributed by atoms with van der Waals surface area (Å²) in [7, 11) is 1.38. The average molecular weight is 207 g/mol. The molecule has 0 unspecified atom stereocenters. The van der Waals surface area contributed by atoms with Gasteiger partial charge in [0.2, 0.25) is 5.56 Å². The summed E-state index contributed by atoms with van der Waals surface area (Å²) in [5, 5.41) is 0.330. The fourth-order valence-electron chi connectivity index (χ4n) is 1.52. The number of aromatic nitrogens is 3. The Kier molecular flexibility index (Phi) is 1.85. The third kappa shape index (κ3) is 1.30. The number of hydrogen-bond acceptors (Lipinski definition) is 3. The number of nitrogens with zero attached hydrogens (tertiary/aromatic N) is 1. The monoisotopic (exact) mass is 207 g/mol. The molecule has 2 heterocycles. The zero-order valence-corrected chi connectivity index (χ0v) is 8.25. The molecule has 78 valence electrons. The van der Waals surface area contributed by atoms with Gasteiger partial charge in [-0.2, -0.15) is 0 Å². The largest absolute Gasteiger partial charge is 0.328 e. The molecule has 2 aromatic heterocycles. The smallest absolute Gasteiger partial charge is 0.326 e. The molecular weight excluding hydrogens is 198 g/mol. The minimum absolute atomic E-state index is 0.268. The lowest BCUT2D eigenvalue weighted by molar-refractivity contribution is 0.791. The van der Waals surface area contributed by atoms with E-state index < -0.39 is 11.2 Å². The molecule has 0 amide bonds. The van der Waals surface area contributed by atoms with Crippen molar-refractivity contribution in [1.29, 1.82) is 0 Å². The lowest BCUT2D eigenvalue weighted by atomic mass is 10.2. The van der Waals surface area contributed by atoms with Crippen molar-refractivity contribution in [2.24, 2.45) is 7.05 Å². The van der Waals surface area contributed by atoms with Crippen LogP contribution in [-0.2, 0) is 7.05 Å². The summed E-state index contributed by atoms with van der Waals surface area (Å²) in [6, 6.07) is 1.20. The van der Waals surface area contributed by atoms with Crippen LogP contribution in [0.25, 0.3) is 10.9 Å². The minimum atomic E-state index is -0.530. The van der Waals surface area contributed by atoms with E-state index in [1.807, 2.05) is 0 Å². The van der Waals surface area contributed by atoms with E-state index in [0.29, 0.717) is 11.1 Å². The molecular formula is C9H9N3O3. The standard InChI is InChI=1S/C9H9N3O3/c1-4-7-5(3-6(13)10-4)11-9(15)12(2)8(7)14/h3H,1-2H3,(H,10,13)(H,11,15). The number of pyridine rings is 1. The van der Waals surface area contributed by atoms with Crippen LogP contribution in [0, 0.1) is 6.92 Å². The molecule has 0 aliphatic rings. The highest BCUT2D eigenvalue weighted by Gasteiger charge is 2.07. The lowest BCUT2D eigenvalue weighted by Gasteiger charge is -2.02. The van der Waals surface area contributed by atoms with Gasteiger partial charge in [-0.05, 0) is 6.92 Å². The second kappa shape index (κ2) is 2.94. The van der Waals surface area contributed by atoms with Gasteiger partial charge in [-0.25, -0.2) is 4.79 Å². The van der Waals surface area contributed by atoms with Gasteiger partial charge in [-0.3, -0.25) is 14.2 Å². The van der Waals surface area contributed by atoms with E-state index in [9.17, 15) is 14.4 Å². The Balaban J connectivity index is 3.20. The summed E-state index contributed by atoms with van der Waals surface area (Å²) >= 11 is 0. The summed E-state index contributed by atoms with van der Waals surface area (Å²) in [4.78, 5) is 39.1. The first-order valence-corrected chi connectivity index (χ1v) is 4.33. The van der Waals surface area contributed by atoms with Gasteiger partial charge in [-0.15, -0.1) is 0 Å². The van der Waals surface area contributed by atoms with Gasteiger partial charge < -0.3 is 9.97 Å². The number of aromatic amines is 2. The van der Waals surface area contributed by atoms with Gasteiger partial charge in [-0.1, -0.05) is 0 Å². The third-order valence-corrected chi connectivity index (χ3v) is 2.30. The van der Waals surface area contributed by atoms with Crippen LogP contribution in [0.2, 0.25) is 0 Å². The first-order valence-electron chi connectivity index (χ1n) is 4.33. The van der Waals surface area contributed by atoms with Crippen molar-refractivity contribution in [1.82, 2.24) is 14.5 Å². The Morgan fingerprint density at radius 2 is 1.87 bits per heavy atom. The van der Waals surface area contributed by atoms with Gasteiger partial charge in [0.05, 0.1) is 10.9 Å². The molecule has 0 aromatic carbocycles. The summed E-state index contributed by atoms with van der Waals surface area (Å²) in [5.74, 6) is 0. The highest BCUT2D eigenvalue weighted by Crippen LogP contribution is 2.03. The fourth-order valence-corrected chi connectivity index (χ4v) is 1.52. The van der Waals surface area contributed by atoms with E-state index >= 15 is 0 Å². The van der Waals surface area contributed by atoms with Gasteiger partial charge in [0.15, 0.2) is 0 Å². The Hall–Kier alpha value is -2.11. The molecule has 6 nitrogen and oxygen atoms in total. The van der Waals surface area contributed by atoms with Crippen LogP contribution in [0.15, 0.2) is 20.4 Å². The van der Waals surface area contributed by atoms with Crippen LogP contribution in [0.5, 0.6) is 0 Å². The first kappa shape index (κ1) is 9.45. The van der Waals surface area contributed by atoms with Crippen LogP contribution in [0.1, 0.15) is 5.69 Å². The van der Waals surface area contributed by atoms with Crippen molar-refractivity contribution in [3.8, 4) is 0 Å². The predicted molar refractivity (Wildman–Crippen MR) is 55.2 cm³/mol. The zero-order valence-electron chi connectivity index (χ0n) is 8.25. The zero-order chi connectivity index (χ0) is 11.2. The van der Waals surface area contributed by atoms with Crippen molar-refractivity contribution in [3.63, 3.8) is 0 Å². The Labute approximate surface area is 83.2 Å². The normalized spacial score (nSPS) is 10.8. The topological polar surface area (TPSA) is 87.7 Å². The summed E-state index contributed by atoms with van der Waals surface area (Å²) in [6.07, 6.45) is 0. The van der Waals surface area contributed by atoms with Gasteiger partial charge in [0.25, 0.3) is 5.56 Å². The molecule has 2 rings (SSSR count). The summed E-state index contributed by atoms with van der Waals surface area (Å²) in [5.41, 5.74) is -0.567. The van der Waals surface area contributed by atoms with Crippen LogP contribution < -0.4 is 16.8 Å². The van der Waals surface area contributed by atoms with Crippen molar-refractivity contribution in [2.75, 3.05) is 0 Å². The van der Waals surface area contributed by atoms with Gasteiger partial charge in [0.1, 0.15) is 0 Å². The molecule has 0 radical (unpaired) electrons. The van der Waals surface area contributed by atoms with Gasteiger partial charge >= 0.3 is 5.69 Å². The number of H-pyrrole nitrogens is 2. The SMILES string of the molecule is Cc1[nH]c(=O)cc2[nH]c(=O)n(C)c(=O)c12. The number of fused-ring (bicyclic) bond motifs is 1. The second-order valence-corrected chi connectivity index (χ2v) is 3.34. The van der Waals surface area contributed by atoms with E-state index in [-0.39, 0.29) is 11.1 Å². The van der Waals surface area contributed by atoms with Gasteiger partial charge in [0, 0.05) is 18.8 Å². The number of rotatable bonds is 0. The van der Waals surface area contributed by atoms with Crippen molar-refractivity contribution < 1.29 is 0 Å². The van der Waals surface area contributed by atoms with Crippen LogP contribution in [0.4, 0.5) is 0 Å². The Morgan fingerprint density at radius 1 is 1.20 bits per heavy atom. The molecule has 0 saturated carbocycles. The molecule has 0 aliphatic heterocycles. The van der Waals surface area contributed by atoms with E-state index in [0.717, 1.165) is 4.57 Å². The quantitative estimate of drug-likeness (QED) is 0.594. The van der Waals surface area contributed by atoms with Crippen LogP contribution >= 0.6 is 0 Å². The summed E-state index contributed by atoms with van der Waals surface area (Å²) in [6.45, 7) is 1.61.